The first kappa shape index (κ1) is 19.2. The molecule has 6 heteroatoms. The van der Waals surface area contributed by atoms with Gasteiger partial charge in [-0.25, -0.2) is 4.99 Å². The van der Waals surface area contributed by atoms with Crippen LogP contribution in [0, 0.1) is 6.92 Å². The largest absolute Gasteiger partial charge is 0.477 e. The number of hydrogen-bond donors (Lipinski definition) is 0. The summed E-state index contributed by atoms with van der Waals surface area (Å²) in [4.78, 5) is 3.69. The van der Waals surface area contributed by atoms with Crippen LogP contribution in [0.15, 0.2) is 39.9 Å². The third-order valence-corrected chi connectivity index (χ3v) is 5.07. The van der Waals surface area contributed by atoms with E-state index in [2.05, 4.69) is 10.1 Å². The summed E-state index contributed by atoms with van der Waals surface area (Å²) in [5.41, 5.74) is 0.942. The van der Waals surface area contributed by atoms with Gasteiger partial charge in [-0.1, -0.05) is 42.3 Å². The lowest BCUT2D eigenvalue weighted by Crippen LogP contribution is -2.44. The highest BCUT2D eigenvalue weighted by Gasteiger charge is 2.44. The van der Waals surface area contributed by atoms with Gasteiger partial charge < -0.3 is 14.0 Å². The molecular formula is C20H27ClN2O3. The summed E-state index contributed by atoms with van der Waals surface area (Å²) in [6.07, 6.45) is 12.8. The van der Waals surface area contributed by atoms with E-state index in [1.807, 2.05) is 44.2 Å². The molecule has 0 fully saturated rings. The number of nitrogens with zero attached hydrogens (tertiary/aromatic N) is 2. The molecule has 0 amide bonds. The number of allylic oxidation sites excluding steroid dienone is 2. The zero-order chi connectivity index (χ0) is 18.4. The quantitative estimate of drug-likeness (QED) is 0.472. The first-order chi connectivity index (χ1) is 12.6. The molecule has 1 aliphatic carbocycles. The Kier molecular flexibility index (Phi) is 6.54. The van der Waals surface area contributed by atoms with Gasteiger partial charge in [-0.15, -0.1) is 11.6 Å². The van der Waals surface area contributed by atoms with Crippen LogP contribution < -0.4 is 0 Å². The Bertz CT molecular complexity index is 682. The summed E-state index contributed by atoms with van der Waals surface area (Å²) < 4.78 is 17.0. The summed E-state index contributed by atoms with van der Waals surface area (Å²) in [5.74, 6) is 1.54. The number of ether oxygens (including phenoxy) is 2. The molecule has 3 unspecified atom stereocenters. The maximum atomic E-state index is 6.81. The van der Waals surface area contributed by atoms with Crippen LogP contribution in [0.2, 0.25) is 0 Å². The molecule has 0 saturated heterocycles. The average molecular weight is 379 g/mol. The van der Waals surface area contributed by atoms with Gasteiger partial charge in [0.05, 0.1) is 11.7 Å². The van der Waals surface area contributed by atoms with E-state index in [0.29, 0.717) is 19.1 Å². The van der Waals surface area contributed by atoms with Crippen LogP contribution in [0.3, 0.4) is 0 Å². The van der Waals surface area contributed by atoms with E-state index in [-0.39, 0.29) is 12.1 Å². The van der Waals surface area contributed by atoms with Gasteiger partial charge in [0.2, 0.25) is 5.90 Å². The maximum Gasteiger partial charge on any atom is 0.212 e. The first-order valence-electron chi connectivity index (χ1n) is 9.38. The van der Waals surface area contributed by atoms with Crippen molar-refractivity contribution in [2.45, 2.75) is 63.0 Å². The van der Waals surface area contributed by atoms with Crippen LogP contribution in [0.5, 0.6) is 0 Å². The van der Waals surface area contributed by atoms with E-state index in [1.54, 1.807) is 0 Å². The van der Waals surface area contributed by atoms with Crippen LogP contribution in [-0.4, -0.2) is 41.3 Å². The fraction of sp³-hybridized carbons (Fsp3) is 0.600. The predicted octanol–water partition coefficient (Wildman–Crippen LogP) is 4.39. The van der Waals surface area contributed by atoms with Crippen molar-refractivity contribution in [2.75, 3.05) is 13.2 Å². The van der Waals surface area contributed by atoms with Gasteiger partial charge in [0, 0.05) is 19.1 Å². The van der Waals surface area contributed by atoms with Crippen molar-refractivity contribution in [1.29, 1.82) is 0 Å². The third kappa shape index (κ3) is 4.77. The van der Waals surface area contributed by atoms with Crippen molar-refractivity contribution < 1.29 is 14.0 Å². The van der Waals surface area contributed by atoms with Crippen molar-refractivity contribution >= 4 is 17.5 Å². The van der Waals surface area contributed by atoms with Crippen LogP contribution in [-0.2, 0) is 15.9 Å². The fourth-order valence-corrected chi connectivity index (χ4v) is 3.46. The van der Waals surface area contributed by atoms with E-state index in [9.17, 15) is 0 Å². The van der Waals surface area contributed by atoms with Crippen LogP contribution in [0.4, 0.5) is 0 Å². The highest BCUT2D eigenvalue weighted by atomic mass is 35.5. The summed E-state index contributed by atoms with van der Waals surface area (Å²) in [6, 6.07) is 2.15. The highest BCUT2D eigenvalue weighted by Crippen LogP contribution is 2.33. The van der Waals surface area contributed by atoms with Crippen LogP contribution in [0.1, 0.15) is 44.1 Å². The normalized spacial score (nSPS) is 27.6. The first-order valence-corrected chi connectivity index (χ1v) is 9.75. The van der Waals surface area contributed by atoms with Gasteiger partial charge in [-0.3, -0.25) is 0 Å². The van der Waals surface area contributed by atoms with E-state index >= 15 is 0 Å². The standard InChI is InChI=1S/C20H27ClN2O3/c1-15-13-17(26-23-15)9-5-3-4-8-12-24-18-10-6-7-11-20(18,21)19-22-16(2)14-25-19/h6-7,10-11,13,16,18H,3-5,8-9,12,14H2,1-2H3. The lowest BCUT2D eigenvalue weighted by Gasteiger charge is -2.31. The van der Waals surface area contributed by atoms with Crippen molar-refractivity contribution in [1.82, 2.24) is 5.16 Å². The summed E-state index contributed by atoms with van der Waals surface area (Å²) in [7, 11) is 0. The minimum atomic E-state index is -0.830. The highest BCUT2D eigenvalue weighted by molar-refractivity contribution is 6.37. The predicted molar refractivity (Wildman–Crippen MR) is 103 cm³/mol. The number of rotatable bonds is 9. The average Bonchev–Trinajstić information content (AvgIpc) is 3.24. The Hall–Kier alpha value is -1.59. The Morgan fingerprint density at radius 3 is 2.85 bits per heavy atom. The number of aliphatic imine (C=N–C) groups is 1. The molecule has 26 heavy (non-hydrogen) atoms. The molecule has 3 rings (SSSR count). The number of unbranched alkanes of at least 4 members (excludes halogenated alkanes) is 3. The Labute approximate surface area is 160 Å². The van der Waals surface area contributed by atoms with E-state index in [4.69, 9.17) is 25.6 Å². The number of aromatic nitrogens is 1. The molecule has 3 atom stereocenters. The minimum Gasteiger partial charge on any atom is -0.477 e. The van der Waals surface area contributed by atoms with Gasteiger partial charge in [-0.2, -0.15) is 0 Å². The monoisotopic (exact) mass is 378 g/mol. The number of hydrogen-bond acceptors (Lipinski definition) is 5. The second-order valence-electron chi connectivity index (χ2n) is 7.00. The SMILES string of the molecule is Cc1cc(CCCCCCOC2C=CC=CC2(Cl)C2=NC(C)CO2)on1. The van der Waals surface area contributed by atoms with E-state index in [0.717, 1.165) is 43.6 Å². The molecule has 0 radical (unpaired) electrons. The lowest BCUT2D eigenvalue weighted by atomic mass is 9.96. The van der Waals surface area contributed by atoms with Crippen molar-refractivity contribution in [3.63, 3.8) is 0 Å². The molecule has 1 aromatic heterocycles. The molecule has 2 aliphatic rings. The molecular weight excluding hydrogens is 352 g/mol. The molecule has 2 heterocycles. The van der Waals surface area contributed by atoms with Gasteiger partial charge in [0.25, 0.3) is 0 Å². The van der Waals surface area contributed by atoms with Crippen molar-refractivity contribution in [3.8, 4) is 0 Å². The number of halogens is 1. The Morgan fingerprint density at radius 2 is 2.12 bits per heavy atom. The number of aryl methyl sites for hydroxylation is 2. The van der Waals surface area contributed by atoms with Crippen LogP contribution in [0.25, 0.3) is 0 Å². The van der Waals surface area contributed by atoms with Crippen molar-refractivity contribution in [3.05, 3.63) is 41.8 Å². The smallest absolute Gasteiger partial charge is 0.212 e. The summed E-state index contributed by atoms with van der Waals surface area (Å²) >= 11 is 6.81. The molecule has 5 nitrogen and oxygen atoms in total. The zero-order valence-corrected chi connectivity index (χ0v) is 16.2. The summed E-state index contributed by atoms with van der Waals surface area (Å²) in [6.45, 7) is 5.21. The molecule has 0 bridgehead atoms. The zero-order valence-electron chi connectivity index (χ0n) is 15.5. The number of alkyl halides is 1. The van der Waals surface area contributed by atoms with E-state index < -0.39 is 4.87 Å². The Morgan fingerprint density at radius 1 is 1.27 bits per heavy atom. The maximum absolute atomic E-state index is 6.81. The van der Waals surface area contributed by atoms with Crippen LogP contribution >= 0.6 is 11.6 Å². The second-order valence-corrected chi connectivity index (χ2v) is 7.62. The molecule has 142 valence electrons. The molecule has 0 N–H and O–H groups in total. The molecule has 0 aromatic carbocycles. The molecule has 0 saturated carbocycles. The molecule has 1 aromatic rings. The van der Waals surface area contributed by atoms with Crippen molar-refractivity contribution in [2.24, 2.45) is 4.99 Å². The summed E-state index contributed by atoms with van der Waals surface area (Å²) in [5, 5.41) is 3.91. The van der Waals surface area contributed by atoms with E-state index in [1.165, 1.54) is 0 Å². The fourth-order valence-electron chi connectivity index (χ4n) is 3.15. The van der Waals surface area contributed by atoms with Gasteiger partial charge in [-0.05, 0) is 26.7 Å². The third-order valence-electron chi connectivity index (χ3n) is 4.57. The van der Waals surface area contributed by atoms with Gasteiger partial charge in [0.15, 0.2) is 4.87 Å². The van der Waals surface area contributed by atoms with Gasteiger partial charge in [0.1, 0.15) is 18.5 Å². The lowest BCUT2D eigenvalue weighted by molar-refractivity contribution is 0.0713. The molecule has 0 spiro atoms. The topological polar surface area (TPSA) is 56.9 Å². The minimum absolute atomic E-state index is 0.147. The molecule has 1 aliphatic heterocycles. The van der Waals surface area contributed by atoms with Gasteiger partial charge >= 0.3 is 0 Å². The Balaban J connectivity index is 1.37. The second kappa shape index (κ2) is 8.87.